The lowest BCUT2D eigenvalue weighted by atomic mass is 10.2. The van der Waals surface area contributed by atoms with Crippen molar-refractivity contribution in [1.29, 1.82) is 0 Å². The molecule has 2 rings (SSSR count). The molecule has 1 atom stereocenters. The summed E-state index contributed by atoms with van der Waals surface area (Å²) in [5.74, 6) is 1.31. The summed E-state index contributed by atoms with van der Waals surface area (Å²) in [4.78, 5) is 15.6. The molecule has 5 nitrogen and oxygen atoms in total. The van der Waals surface area contributed by atoms with E-state index >= 15 is 0 Å². The molecule has 1 aromatic carbocycles. The molecular weight excluding hydrogens is 266 g/mol. The average Bonchev–Trinajstić information content (AvgIpc) is 2.75. The van der Waals surface area contributed by atoms with Crippen LogP contribution in [0.3, 0.4) is 0 Å². The minimum absolute atomic E-state index is 0.0941. The van der Waals surface area contributed by atoms with Crippen molar-refractivity contribution >= 4 is 28.5 Å². The number of fused-ring (bicyclic) bond motifs is 1. The third-order valence-electron chi connectivity index (χ3n) is 3.03. The SMILES string of the molecule is COc1cccc2c1nc(CCl)n2C(C)CC(N)=O. The Kier molecular flexibility index (Phi) is 3.95. The van der Waals surface area contributed by atoms with Gasteiger partial charge in [-0.15, -0.1) is 11.6 Å². The lowest BCUT2D eigenvalue weighted by molar-refractivity contribution is -0.118. The molecule has 0 aliphatic rings. The van der Waals surface area contributed by atoms with Crippen LogP contribution in [0.25, 0.3) is 11.0 Å². The molecule has 2 N–H and O–H groups in total. The third kappa shape index (κ3) is 2.51. The van der Waals surface area contributed by atoms with E-state index < -0.39 is 0 Å². The standard InChI is InChI=1S/C13H16ClN3O2/c1-8(6-11(15)18)17-9-4-3-5-10(19-2)13(9)16-12(17)7-14/h3-5,8H,6-7H2,1-2H3,(H2,15,18). The number of amides is 1. The number of nitrogens with two attached hydrogens (primary N) is 1. The quantitative estimate of drug-likeness (QED) is 0.854. The molecule has 1 amide bonds. The van der Waals surface area contributed by atoms with E-state index in [9.17, 15) is 4.79 Å². The number of halogens is 1. The van der Waals surface area contributed by atoms with Crippen LogP contribution in [0.1, 0.15) is 25.2 Å². The fourth-order valence-corrected chi connectivity index (χ4v) is 2.46. The van der Waals surface area contributed by atoms with Crippen LogP contribution in [-0.2, 0) is 10.7 Å². The van der Waals surface area contributed by atoms with Gasteiger partial charge >= 0.3 is 0 Å². The molecule has 0 radical (unpaired) electrons. The van der Waals surface area contributed by atoms with Gasteiger partial charge in [-0.25, -0.2) is 4.98 Å². The van der Waals surface area contributed by atoms with Gasteiger partial charge in [0, 0.05) is 12.5 Å². The summed E-state index contributed by atoms with van der Waals surface area (Å²) in [7, 11) is 1.60. The summed E-state index contributed by atoms with van der Waals surface area (Å²) in [6.45, 7) is 1.92. The molecule has 0 spiro atoms. The molecule has 1 aromatic heterocycles. The molecule has 1 heterocycles. The number of ether oxygens (including phenoxy) is 1. The number of hydrogen-bond acceptors (Lipinski definition) is 3. The summed E-state index contributed by atoms with van der Waals surface area (Å²) in [6, 6.07) is 5.56. The molecule has 0 bridgehead atoms. The van der Waals surface area contributed by atoms with Gasteiger partial charge in [0.1, 0.15) is 17.1 Å². The first-order valence-electron chi connectivity index (χ1n) is 5.96. The zero-order chi connectivity index (χ0) is 14.0. The Morgan fingerprint density at radius 3 is 2.89 bits per heavy atom. The minimum atomic E-state index is -0.349. The molecule has 6 heteroatoms. The highest BCUT2D eigenvalue weighted by molar-refractivity contribution is 6.16. The number of carbonyl (C=O) groups is 1. The van der Waals surface area contributed by atoms with E-state index in [1.54, 1.807) is 7.11 Å². The first-order chi connectivity index (χ1) is 9.08. The maximum absolute atomic E-state index is 11.1. The monoisotopic (exact) mass is 281 g/mol. The predicted molar refractivity (Wildman–Crippen MR) is 74.4 cm³/mol. The normalized spacial score (nSPS) is 12.6. The van der Waals surface area contributed by atoms with Crippen molar-refractivity contribution in [2.45, 2.75) is 25.3 Å². The van der Waals surface area contributed by atoms with Gasteiger partial charge in [-0.1, -0.05) is 6.07 Å². The Labute approximate surface area is 116 Å². The van der Waals surface area contributed by atoms with Gasteiger partial charge in [-0.05, 0) is 19.1 Å². The van der Waals surface area contributed by atoms with Gasteiger partial charge in [0.2, 0.25) is 5.91 Å². The molecular formula is C13H16ClN3O2. The summed E-state index contributed by atoms with van der Waals surface area (Å²) >= 11 is 5.94. The van der Waals surface area contributed by atoms with E-state index in [2.05, 4.69) is 4.98 Å². The van der Waals surface area contributed by atoms with E-state index in [4.69, 9.17) is 22.1 Å². The second kappa shape index (κ2) is 5.48. The maximum Gasteiger partial charge on any atom is 0.219 e. The number of alkyl halides is 1. The maximum atomic E-state index is 11.1. The second-order valence-electron chi connectivity index (χ2n) is 4.38. The van der Waals surface area contributed by atoms with E-state index in [1.807, 2.05) is 29.7 Å². The number of para-hydroxylation sites is 1. The summed E-state index contributed by atoms with van der Waals surface area (Å²) < 4.78 is 7.23. The Bertz CT molecular complexity index is 609. The fraction of sp³-hybridized carbons (Fsp3) is 0.385. The molecule has 0 saturated heterocycles. The molecule has 0 aliphatic heterocycles. The number of carbonyl (C=O) groups excluding carboxylic acids is 1. The molecule has 2 aromatic rings. The van der Waals surface area contributed by atoms with Crippen molar-refractivity contribution in [3.05, 3.63) is 24.0 Å². The number of primary amides is 1. The summed E-state index contributed by atoms with van der Waals surface area (Å²) in [5, 5.41) is 0. The first-order valence-corrected chi connectivity index (χ1v) is 6.50. The van der Waals surface area contributed by atoms with Crippen LogP contribution < -0.4 is 10.5 Å². The number of benzene rings is 1. The largest absolute Gasteiger partial charge is 0.494 e. The summed E-state index contributed by atoms with van der Waals surface area (Å²) in [5.41, 5.74) is 6.90. The molecule has 19 heavy (non-hydrogen) atoms. The Morgan fingerprint density at radius 2 is 2.32 bits per heavy atom. The van der Waals surface area contributed by atoms with Crippen LogP contribution in [0.2, 0.25) is 0 Å². The van der Waals surface area contributed by atoms with Crippen molar-refractivity contribution in [1.82, 2.24) is 9.55 Å². The van der Waals surface area contributed by atoms with Gasteiger partial charge in [0.05, 0.1) is 18.5 Å². The number of aromatic nitrogens is 2. The highest BCUT2D eigenvalue weighted by atomic mass is 35.5. The fourth-order valence-electron chi connectivity index (χ4n) is 2.27. The van der Waals surface area contributed by atoms with Crippen molar-refractivity contribution in [2.75, 3.05) is 7.11 Å². The van der Waals surface area contributed by atoms with Gasteiger partial charge in [0.25, 0.3) is 0 Å². The highest BCUT2D eigenvalue weighted by Gasteiger charge is 2.18. The zero-order valence-corrected chi connectivity index (χ0v) is 11.6. The van der Waals surface area contributed by atoms with Crippen molar-refractivity contribution in [2.24, 2.45) is 5.73 Å². The number of imidazole rings is 1. The van der Waals surface area contributed by atoms with Crippen LogP contribution in [0.15, 0.2) is 18.2 Å². The van der Waals surface area contributed by atoms with Gasteiger partial charge in [-0.3, -0.25) is 4.79 Å². The van der Waals surface area contributed by atoms with Crippen molar-refractivity contribution in [3.63, 3.8) is 0 Å². The predicted octanol–water partition coefficient (Wildman–Crippen LogP) is 2.22. The number of nitrogens with zero attached hydrogens (tertiary/aromatic N) is 2. The number of hydrogen-bond donors (Lipinski definition) is 1. The molecule has 1 unspecified atom stereocenters. The zero-order valence-electron chi connectivity index (χ0n) is 10.9. The van der Waals surface area contributed by atoms with Crippen LogP contribution in [0, 0.1) is 0 Å². The molecule has 0 aliphatic carbocycles. The van der Waals surface area contributed by atoms with E-state index in [0.717, 1.165) is 11.0 Å². The van der Waals surface area contributed by atoms with Gasteiger partial charge in [-0.2, -0.15) is 0 Å². The second-order valence-corrected chi connectivity index (χ2v) is 4.65. The van der Waals surface area contributed by atoms with Crippen LogP contribution in [0.5, 0.6) is 5.75 Å². The van der Waals surface area contributed by atoms with Gasteiger partial charge in [0.15, 0.2) is 0 Å². The number of methoxy groups -OCH3 is 1. The van der Waals surface area contributed by atoms with Crippen LogP contribution >= 0.6 is 11.6 Å². The van der Waals surface area contributed by atoms with Crippen LogP contribution in [0.4, 0.5) is 0 Å². The summed E-state index contributed by atoms with van der Waals surface area (Å²) in [6.07, 6.45) is 0.243. The first kappa shape index (κ1) is 13.7. The number of rotatable bonds is 5. The Balaban J connectivity index is 2.61. The Hall–Kier alpha value is -1.75. The average molecular weight is 282 g/mol. The van der Waals surface area contributed by atoms with E-state index in [0.29, 0.717) is 11.6 Å². The molecule has 102 valence electrons. The van der Waals surface area contributed by atoms with E-state index in [1.165, 1.54) is 0 Å². The van der Waals surface area contributed by atoms with Crippen LogP contribution in [-0.4, -0.2) is 22.6 Å². The molecule has 0 fully saturated rings. The van der Waals surface area contributed by atoms with Gasteiger partial charge < -0.3 is 15.0 Å². The Morgan fingerprint density at radius 1 is 1.58 bits per heavy atom. The van der Waals surface area contributed by atoms with Crippen molar-refractivity contribution in [3.8, 4) is 5.75 Å². The lowest BCUT2D eigenvalue weighted by Gasteiger charge is -2.15. The smallest absolute Gasteiger partial charge is 0.219 e. The minimum Gasteiger partial charge on any atom is -0.494 e. The topological polar surface area (TPSA) is 70.1 Å². The van der Waals surface area contributed by atoms with Crippen molar-refractivity contribution < 1.29 is 9.53 Å². The molecule has 0 saturated carbocycles. The lowest BCUT2D eigenvalue weighted by Crippen LogP contribution is -2.18. The third-order valence-corrected chi connectivity index (χ3v) is 3.27. The highest BCUT2D eigenvalue weighted by Crippen LogP contribution is 2.29. The van der Waals surface area contributed by atoms with E-state index in [-0.39, 0.29) is 24.2 Å².